The zero-order valence-corrected chi connectivity index (χ0v) is 15.8. The summed E-state index contributed by atoms with van der Waals surface area (Å²) >= 11 is 0. The molecule has 0 aliphatic rings. The van der Waals surface area contributed by atoms with Crippen LogP contribution in [0.25, 0.3) is 22.1 Å². The van der Waals surface area contributed by atoms with Crippen LogP contribution in [0.1, 0.15) is 15.9 Å². The Labute approximate surface area is 166 Å². The van der Waals surface area contributed by atoms with E-state index in [0.29, 0.717) is 22.5 Å². The molecule has 0 unspecified atom stereocenters. The molecule has 0 fully saturated rings. The van der Waals surface area contributed by atoms with Crippen LogP contribution in [0.3, 0.4) is 0 Å². The second-order valence-electron chi connectivity index (χ2n) is 6.41. The van der Waals surface area contributed by atoms with Gasteiger partial charge in [0.15, 0.2) is 0 Å². The van der Waals surface area contributed by atoms with Gasteiger partial charge in [-0.05, 0) is 54.4 Å². The molecule has 0 aliphatic heterocycles. The topological polar surface area (TPSA) is 78.6 Å². The van der Waals surface area contributed by atoms with Gasteiger partial charge >= 0.3 is 11.6 Å². The predicted octanol–water partition coefficient (Wildman–Crippen LogP) is 4.39. The second-order valence-corrected chi connectivity index (χ2v) is 6.41. The molecule has 29 heavy (non-hydrogen) atoms. The molecule has 0 N–H and O–H groups in total. The lowest BCUT2D eigenvalue weighted by Gasteiger charge is -2.10. The number of pyridine rings is 1. The van der Waals surface area contributed by atoms with Crippen molar-refractivity contribution >= 4 is 16.9 Å². The summed E-state index contributed by atoms with van der Waals surface area (Å²) in [4.78, 5) is 28.8. The van der Waals surface area contributed by atoms with Crippen LogP contribution in [-0.4, -0.2) is 18.1 Å². The molecule has 0 amide bonds. The number of ether oxygens (including phenoxy) is 2. The van der Waals surface area contributed by atoms with E-state index in [-0.39, 0.29) is 5.75 Å². The molecule has 6 heteroatoms. The zero-order chi connectivity index (χ0) is 20.4. The molecular formula is C23H17NO5. The van der Waals surface area contributed by atoms with Crippen LogP contribution in [0.2, 0.25) is 0 Å². The molecular weight excluding hydrogens is 370 g/mol. The highest BCUT2D eigenvalue weighted by molar-refractivity contribution is 5.92. The number of aryl methyl sites for hydroxylation is 1. The standard InChI is InChI=1S/C23H17NO5/c1-14-19-10-9-18(28-22(25)16-4-3-11-24-13-16)12-20(19)29-23(26)21(14)15-5-7-17(27-2)8-6-15/h3-13H,1-2H3. The Morgan fingerprint density at radius 2 is 1.79 bits per heavy atom. The first-order valence-electron chi connectivity index (χ1n) is 8.91. The van der Waals surface area contributed by atoms with Crippen molar-refractivity contribution in [2.24, 2.45) is 0 Å². The maximum Gasteiger partial charge on any atom is 0.345 e. The van der Waals surface area contributed by atoms with Crippen LogP contribution in [0.15, 0.2) is 76.2 Å². The summed E-state index contributed by atoms with van der Waals surface area (Å²) < 4.78 is 16.1. The van der Waals surface area contributed by atoms with Gasteiger partial charge in [0, 0.05) is 23.8 Å². The smallest absolute Gasteiger partial charge is 0.345 e. The van der Waals surface area contributed by atoms with E-state index in [4.69, 9.17) is 13.9 Å². The number of nitrogens with zero attached hydrogens (tertiary/aromatic N) is 1. The van der Waals surface area contributed by atoms with Crippen LogP contribution in [0, 0.1) is 6.92 Å². The molecule has 2 aromatic heterocycles. The fraction of sp³-hybridized carbons (Fsp3) is 0.0870. The fourth-order valence-corrected chi connectivity index (χ4v) is 3.14. The third kappa shape index (κ3) is 3.60. The first kappa shape index (κ1) is 18.4. The van der Waals surface area contributed by atoms with Crippen molar-refractivity contribution in [3.8, 4) is 22.6 Å². The van der Waals surface area contributed by atoms with E-state index in [1.807, 2.05) is 19.1 Å². The minimum absolute atomic E-state index is 0.283. The maximum absolute atomic E-state index is 12.6. The highest BCUT2D eigenvalue weighted by atomic mass is 16.5. The summed E-state index contributed by atoms with van der Waals surface area (Å²) in [7, 11) is 1.59. The Hall–Kier alpha value is -3.93. The number of rotatable bonds is 4. The van der Waals surface area contributed by atoms with Gasteiger partial charge in [-0.1, -0.05) is 12.1 Å². The zero-order valence-electron chi connectivity index (χ0n) is 15.8. The number of aromatic nitrogens is 1. The number of carbonyl (C=O) groups is 1. The molecule has 4 aromatic rings. The summed E-state index contributed by atoms with van der Waals surface area (Å²) in [5.41, 5.74) is 2.23. The maximum atomic E-state index is 12.6. The van der Waals surface area contributed by atoms with Crippen molar-refractivity contribution in [3.05, 3.63) is 88.5 Å². The van der Waals surface area contributed by atoms with Gasteiger partial charge in [-0.3, -0.25) is 4.98 Å². The molecule has 2 heterocycles. The summed E-state index contributed by atoms with van der Waals surface area (Å²) in [6.45, 7) is 1.86. The fourth-order valence-electron chi connectivity index (χ4n) is 3.14. The van der Waals surface area contributed by atoms with Crippen LogP contribution in [0.5, 0.6) is 11.5 Å². The van der Waals surface area contributed by atoms with Gasteiger partial charge in [-0.15, -0.1) is 0 Å². The minimum atomic E-state index is -0.536. The van der Waals surface area contributed by atoms with E-state index < -0.39 is 11.6 Å². The molecule has 0 spiro atoms. The lowest BCUT2D eigenvalue weighted by atomic mass is 9.99. The average Bonchev–Trinajstić information content (AvgIpc) is 2.74. The van der Waals surface area contributed by atoms with Crippen LogP contribution < -0.4 is 15.1 Å². The Morgan fingerprint density at radius 3 is 2.48 bits per heavy atom. The minimum Gasteiger partial charge on any atom is -0.497 e. The Bertz CT molecular complexity index is 1240. The van der Waals surface area contributed by atoms with Crippen LogP contribution in [0.4, 0.5) is 0 Å². The average molecular weight is 387 g/mol. The lowest BCUT2D eigenvalue weighted by Crippen LogP contribution is -2.09. The molecule has 0 saturated heterocycles. The molecule has 144 valence electrons. The van der Waals surface area contributed by atoms with E-state index in [1.54, 1.807) is 49.7 Å². The number of methoxy groups -OCH3 is 1. The Balaban J connectivity index is 1.71. The van der Waals surface area contributed by atoms with Crippen molar-refractivity contribution in [1.29, 1.82) is 0 Å². The Morgan fingerprint density at radius 1 is 1.03 bits per heavy atom. The number of hydrogen-bond acceptors (Lipinski definition) is 6. The molecule has 0 saturated carbocycles. The summed E-state index contributed by atoms with van der Waals surface area (Å²) in [6, 6.07) is 15.5. The van der Waals surface area contributed by atoms with Gasteiger partial charge in [0.1, 0.15) is 17.1 Å². The van der Waals surface area contributed by atoms with Gasteiger partial charge in [0.05, 0.1) is 18.2 Å². The largest absolute Gasteiger partial charge is 0.497 e. The van der Waals surface area contributed by atoms with Crippen molar-refractivity contribution in [1.82, 2.24) is 4.98 Å². The number of benzene rings is 2. The predicted molar refractivity (Wildman–Crippen MR) is 108 cm³/mol. The van der Waals surface area contributed by atoms with Crippen molar-refractivity contribution in [2.75, 3.05) is 7.11 Å². The first-order chi connectivity index (χ1) is 14.1. The normalized spacial score (nSPS) is 10.7. The van der Waals surface area contributed by atoms with Crippen molar-refractivity contribution in [2.45, 2.75) is 6.92 Å². The molecule has 0 atom stereocenters. The molecule has 4 rings (SSSR count). The highest BCUT2D eigenvalue weighted by Crippen LogP contribution is 2.30. The molecule has 0 radical (unpaired) electrons. The summed E-state index contributed by atoms with van der Waals surface area (Å²) in [5.74, 6) is 0.453. The first-order valence-corrected chi connectivity index (χ1v) is 8.91. The third-order valence-electron chi connectivity index (χ3n) is 4.63. The number of carbonyl (C=O) groups excluding carboxylic acids is 1. The molecule has 6 nitrogen and oxygen atoms in total. The molecule has 2 aromatic carbocycles. The molecule has 0 bridgehead atoms. The van der Waals surface area contributed by atoms with E-state index in [1.165, 1.54) is 12.3 Å². The van der Waals surface area contributed by atoms with Crippen molar-refractivity contribution in [3.63, 3.8) is 0 Å². The van der Waals surface area contributed by atoms with Gasteiger partial charge in [-0.2, -0.15) is 0 Å². The summed E-state index contributed by atoms with van der Waals surface area (Å²) in [6.07, 6.45) is 3.00. The number of fused-ring (bicyclic) bond motifs is 1. The monoisotopic (exact) mass is 387 g/mol. The van der Waals surface area contributed by atoms with Gasteiger partial charge in [-0.25, -0.2) is 9.59 Å². The number of esters is 1. The molecule has 0 aliphatic carbocycles. The quantitative estimate of drug-likeness (QED) is 0.294. The lowest BCUT2D eigenvalue weighted by molar-refractivity contribution is 0.0734. The number of hydrogen-bond donors (Lipinski definition) is 0. The van der Waals surface area contributed by atoms with E-state index >= 15 is 0 Å². The SMILES string of the molecule is COc1ccc(-c2c(C)c3ccc(OC(=O)c4cccnc4)cc3oc2=O)cc1. The van der Waals surface area contributed by atoms with Gasteiger partial charge < -0.3 is 13.9 Å². The Kier molecular flexibility index (Phi) is 4.83. The third-order valence-corrected chi connectivity index (χ3v) is 4.63. The highest BCUT2D eigenvalue weighted by Gasteiger charge is 2.15. The van der Waals surface area contributed by atoms with Crippen molar-refractivity contribution < 1.29 is 18.7 Å². The van der Waals surface area contributed by atoms with E-state index in [2.05, 4.69) is 4.98 Å². The van der Waals surface area contributed by atoms with Gasteiger partial charge in [0.2, 0.25) is 0 Å². The van der Waals surface area contributed by atoms with Crippen LogP contribution in [-0.2, 0) is 0 Å². The summed E-state index contributed by atoms with van der Waals surface area (Å²) in [5, 5.41) is 0.761. The van der Waals surface area contributed by atoms with Crippen LogP contribution >= 0.6 is 0 Å². The van der Waals surface area contributed by atoms with E-state index in [9.17, 15) is 9.59 Å². The second kappa shape index (κ2) is 7.59. The van der Waals surface area contributed by atoms with E-state index in [0.717, 1.165) is 16.5 Å². The van der Waals surface area contributed by atoms with Gasteiger partial charge in [0.25, 0.3) is 0 Å².